The van der Waals surface area contributed by atoms with Crippen LogP contribution in [0, 0.1) is 5.92 Å². The summed E-state index contributed by atoms with van der Waals surface area (Å²) in [7, 11) is 1.90. The first-order valence-electron chi connectivity index (χ1n) is 12.2. The summed E-state index contributed by atoms with van der Waals surface area (Å²) in [4.78, 5) is 26.7. The molecule has 0 bridgehead atoms. The highest BCUT2D eigenvalue weighted by molar-refractivity contribution is 5.96. The third-order valence-corrected chi connectivity index (χ3v) is 7.07. The predicted molar refractivity (Wildman–Crippen MR) is 130 cm³/mol. The number of hydrogen-bond donors (Lipinski definition) is 0. The molecule has 0 radical (unpaired) electrons. The Morgan fingerprint density at radius 1 is 1.12 bits per heavy atom. The molecule has 2 aliphatic rings. The monoisotopic (exact) mass is 447 g/mol. The number of pyridine rings is 1. The standard InChI is InChI=1S/C26H33N5O2/c1-29(26(32)20-6-3-2-4-7-20)22-9-10-24-23(18-22)28-25(21-8-5-11-27-19-21)31(24)13-12-30-14-16-33-17-15-30/h5,8-11,18-20H,2-4,6-7,12-17H2,1H3. The Bertz CT molecular complexity index is 1080. The molecule has 174 valence electrons. The summed E-state index contributed by atoms with van der Waals surface area (Å²) >= 11 is 0. The molecule has 1 saturated heterocycles. The second-order valence-electron chi connectivity index (χ2n) is 9.19. The van der Waals surface area contributed by atoms with Crippen molar-refractivity contribution < 1.29 is 9.53 Å². The topological polar surface area (TPSA) is 63.5 Å². The number of ether oxygens (including phenoxy) is 1. The summed E-state index contributed by atoms with van der Waals surface area (Å²) < 4.78 is 7.78. The van der Waals surface area contributed by atoms with Gasteiger partial charge in [0.05, 0.1) is 24.2 Å². The van der Waals surface area contributed by atoms with E-state index in [0.717, 1.165) is 93.2 Å². The number of amides is 1. The van der Waals surface area contributed by atoms with E-state index in [2.05, 4.69) is 38.7 Å². The zero-order valence-corrected chi connectivity index (χ0v) is 19.4. The van der Waals surface area contributed by atoms with Crippen LogP contribution in [0.1, 0.15) is 32.1 Å². The lowest BCUT2D eigenvalue weighted by atomic mass is 9.88. The van der Waals surface area contributed by atoms with E-state index in [0.29, 0.717) is 0 Å². The van der Waals surface area contributed by atoms with Crippen LogP contribution in [0.4, 0.5) is 5.69 Å². The van der Waals surface area contributed by atoms with E-state index in [1.165, 1.54) is 6.42 Å². The first-order chi connectivity index (χ1) is 16.2. The molecular formula is C26H33N5O2. The van der Waals surface area contributed by atoms with E-state index in [-0.39, 0.29) is 11.8 Å². The third-order valence-electron chi connectivity index (χ3n) is 7.07. The molecule has 1 aliphatic heterocycles. The van der Waals surface area contributed by atoms with Crippen molar-refractivity contribution in [3.05, 3.63) is 42.7 Å². The molecule has 5 rings (SSSR count). The minimum Gasteiger partial charge on any atom is -0.379 e. The molecule has 3 aromatic rings. The van der Waals surface area contributed by atoms with Gasteiger partial charge in [0.25, 0.3) is 0 Å². The van der Waals surface area contributed by atoms with Gasteiger partial charge in [0.15, 0.2) is 0 Å². The van der Waals surface area contributed by atoms with Crippen molar-refractivity contribution in [3.8, 4) is 11.4 Å². The van der Waals surface area contributed by atoms with Crippen LogP contribution in [0.15, 0.2) is 42.7 Å². The van der Waals surface area contributed by atoms with Gasteiger partial charge in [0.2, 0.25) is 5.91 Å². The first kappa shape index (κ1) is 22.0. The van der Waals surface area contributed by atoms with Gasteiger partial charge in [-0.25, -0.2) is 4.98 Å². The molecule has 0 N–H and O–H groups in total. The summed E-state index contributed by atoms with van der Waals surface area (Å²) in [6.07, 6.45) is 9.23. The van der Waals surface area contributed by atoms with Crippen molar-refractivity contribution in [2.45, 2.75) is 38.6 Å². The maximum atomic E-state index is 13.1. The predicted octanol–water partition coefficient (Wildman–Crippen LogP) is 3.97. The minimum atomic E-state index is 0.150. The number of hydrogen-bond acceptors (Lipinski definition) is 5. The van der Waals surface area contributed by atoms with Crippen molar-refractivity contribution in [3.63, 3.8) is 0 Å². The lowest BCUT2D eigenvalue weighted by Crippen LogP contribution is -2.38. The van der Waals surface area contributed by atoms with Gasteiger partial charge in [-0.3, -0.25) is 14.7 Å². The highest BCUT2D eigenvalue weighted by Gasteiger charge is 2.25. The van der Waals surface area contributed by atoms with Crippen LogP contribution in [0.3, 0.4) is 0 Å². The van der Waals surface area contributed by atoms with Crippen LogP contribution in [-0.4, -0.2) is 65.2 Å². The van der Waals surface area contributed by atoms with Crippen LogP contribution >= 0.6 is 0 Å². The van der Waals surface area contributed by atoms with E-state index in [1.54, 1.807) is 6.20 Å². The van der Waals surface area contributed by atoms with Crippen molar-refractivity contribution in [1.29, 1.82) is 0 Å². The minimum absolute atomic E-state index is 0.150. The Balaban J connectivity index is 1.45. The molecule has 2 fully saturated rings. The maximum absolute atomic E-state index is 13.1. The van der Waals surface area contributed by atoms with E-state index in [9.17, 15) is 4.79 Å². The summed E-state index contributed by atoms with van der Waals surface area (Å²) in [6.45, 7) is 5.32. The Morgan fingerprint density at radius 3 is 2.70 bits per heavy atom. The molecule has 1 amide bonds. The van der Waals surface area contributed by atoms with Crippen molar-refractivity contribution in [2.24, 2.45) is 5.92 Å². The second-order valence-corrected chi connectivity index (χ2v) is 9.19. The maximum Gasteiger partial charge on any atom is 0.229 e. The Labute approximate surface area is 195 Å². The molecule has 0 atom stereocenters. The second kappa shape index (κ2) is 10.0. The average Bonchev–Trinajstić information content (AvgIpc) is 3.26. The molecule has 0 spiro atoms. The molecule has 3 heterocycles. The van der Waals surface area contributed by atoms with E-state index in [1.807, 2.05) is 24.2 Å². The van der Waals surface area contributed by atoms with E-state index in [4.69, 9.17) is 9.72 Å². The lowest BCUT2D eigenvalue weighted by molar-refractivity contribution is -0.123. The van der Waals surface area contributed by atoms with Gasteiger partial charge in [-0.15, -0.1) is 0 Å². The Morgan fingerprint density at radius 2 is 1.94 bits per heavy atom. The van der Waals surface area contributed by atoms with Gasteiger partial charge >= 0.3 is 0 Å². The quantitative estimate of drug-likeness (QED) is 0.572. The highest BCUT2D eigenvalue weighted by Crippen LogP contribution is 2.30. The number of nitrogens with zero attached hydrogens (tertiary/aromatic N) is 5. The first-order valence-corrected chi connectivity index (χ1v) is 12.2. The fraction of sp³-hybridized carbons (Fsp3) is 0.500. The van der Waals surface area contributed by atoms with Crippen LogP contribution in [0.25, 0.3) is 22.4 Å². The summed E-state index contributed by atoms with van der Waals surface area (Å²) in [5, 5.41) is 0. The fourth-order valence-electron chi connectivity index (χ4n) is 5.09. The zero-order chi connectivity index (χ0) is 22.6. The van der Waals surface area contributed by atoms with Gasteiger partial charge in [-0.05, 0) is 43.2 Å². The van der Waals surface area contributed by atoms with Gasteiger partial charge in [-0.2, -0.15) is 0 Å². The highest BCUT2D eigenvalue weighted by atomic mass is 16.5. The number of anilines is 1. The van der Waals surface area contributed by atoms with Gasteiger partial charge in [-0.1, -0.05) is 19.3 Å². The Hall–Kier alpha value is -2.77. The van der Waals surface area contributed by atoms with Crippen molar-refractivity contribution in [1.82, 2.24) is 19.4 Å². The summed E-state index contributed by atoms with van der Waals surface area (Å²) in [6, 6.07) is 10.2. The van der Waals surface area contributed by atoms with Crippen LogP contribution in [0.2, 0.25) is 0 Å². The number of carbonyl (C=O) groups is 1. The molecule has 7 nitrogen and oxygen atoms in total. The van der Waals surface area contributed by atoms with E-state index < -0.39 is 0 Å². The third kappa shape index (κ3) is 4.80. The van der Waals surface area contributed by atoms with Crippen LogP contribution < -0.4 is 4.90 Å². The molecule has 1 aromatic carbocycles. The molecule has 7 heteroatoms. The zero-order valence-electron chi connectivity index (χ0n) is 19.4. The van der Waals surface area contributed by atoms with Crippen molar-refractivity contribution in [2.75, 3.05) is 44.8 Å². The summed E-state index contributed by atoms with van der Waals surface area (Å²) in [5.41, 5.74) is 3.92. The average molecular weight is 448 g/mol. The largest absolute Gasteiger partial charge is 0.379 e. The Kier molecular flexibility index (Phi) is 6.69. The van der Waals surface area contributed by atoms with Crippen molar-refractivity contribution >= 4 is 22.6 Å². The van der Waals surface area contributed by atoms with E-state index >= 15 is 0 Å². The molecular weight excluding hydrogens is 414 g/mol. The normalized spacial score (nSPS) is 18.0. The number of benzene rings is 1. The lowest BCUT2D eigenvalue weighted by Gasteiger charge is -2.27. The SMILES string of the molecule is CN(C(=O)C1CCCCC1)c1ccc2c(c1)nc(-c1cccnc1)n2CCN1CCOCC1. The number of rotatable bonds is 6. The molecule has 33 heavy (non-hydrogen) atoms. The summed E-state index contributed by atoms with van der Waals surface area (Å²) in [5.74, 6) is 1.30. The molecule has 1 aliphatic carbocycles. The smallest absolute Gasteiger partial charge is 0.229 e. The number of aromatic nitrogens is 3. The molecule has 1 saturated carbocycles. The molecule has 2 aromatic heterocycles. The van der Waals surface area contributed by atoms with Gasteiger partial charge in [0, 0.05) is 62.8 Å². The number of fused-ring (bicyclic) bond motifs is 1. The molecule has 0 unspecified atom stereocenters. The van der Waals surface area contributed by atoms with Gasteiger partial charge in [0.1, 0.15) is 5.82 Å². The number of carbonyl (C=O) groups excluding carboxylic acids is 1. The van der Waals surface area contributed by atoms with Crippen LogP contribution in [-0.2, 0) is 16.1 Å². The van der Waals surface area contributed by atoms with Gasteiger partial charge < -0.3 is 14.2 Å². The van der Waals surface area contributed by atoms with Crippen LogP contribution in [0.5, 0.6) is 0 Å². The number of morpholine rings is 1. The fourth-order valence-corrected chi connectivity index (χ4v) is 5.09. The number of imidazole rings is 1.